The van der Waals surface area contributed by atoms with Gasteiger partial charge in [-0.15, -0.1) is 0 Å². The normalized spacial score (nSPS) is 7.50. The van der Waals surface area contributed by atoms with Crippen LogP contribution in [0.2, 0.25) is 0 Å². The van der Waals surface area contributed by atoms with Crippen LogP contribution in [-0.4, -0.2) is 27.7 Å². The molecule has 8 nitrogen and oxygen atoms in total. The van der Waals surface area contributed by atoms with Crippen LogP contribution in [0.4, 0.5) is 0 Å². The minimum atomic E-state index is -5.61. The molecule has 0 aliphatic rings. The van der Waals surface area contributed by atoms with Crippen LogP contribution in [0.5, 0.6) is 0 Å². The van der Waals surface area contributed by atoms with Crippen LogP contribution in [0, 0.1) is 0 Å². The second-order valence-corrected chi connectivity index (χ2v) is 3.15. The molecule has 0 aromatic carbocycles. The Kier molecular flexibility index (Phi) is 74.8. The first-order valence-corrected chi connectivity index (χ1v) is 5.02. The van der Waals surface area contributed by atoms with Crippen molar-refractivity contribution in [3.63, 3.8) is 0 Å². The molecule has 0 saturated heterocycles. The molecule has 0 aliphatic carbocycles. The maximum absolute atomic E-state index is 8.80. The standard InChI is InChI=1S/6Li.H2O4Si.O4Si/c;;;;;;2*1-5(2,3)4/h;;;;;;1-2H;/q6*+1;-2;-4. The zero-order valence-electron chi connectivity index (χ0n) is 10.3. The molecule has 0 aliphatic heterocycles. The zero-order valence-corrected chi connectivity index (χ0v) is 12.3. The average Bonchev–Trinajstić information content (AvgIpc) is 1.12. The average molecular weight is 228 g/mol. The number of hydrogen-bond donors (Lipinski definition) is 2. The van der Waals surface area contributed by atoms with E-state index in [-0.39, 0.29) is 113 Å². The first-order valence-electron chi connectivity index (χ1n) is 1.67. The largest absolute Gasteiger partial charge is 1.00 e. The van der Waals surface area contributed by atoms with E-state index in [9.17, 15) is 0 Å². The van der Waals surface area contributed by atoms with Gasteiger partial charge in [-0.2, -0.15) is 0 Å². The maximum Gasteiger partial charge on any atom is 1.00 e. The molecular formula is H2Li6O8Si2. The van der Waals surface area contributed by atoms with Gasteiger partial charge in [-0.25, -0.2) is 0 Å². The van der Waals surface area contributed by atoms with E-state index in [1.807, 2.05) is 0 Å². The molecule has 0 radical (unpaired) electrons. The van der Waals surface area contributed by atoms with Crippen LogP contribution >= 0.6 is 0 Å². The molecule has 0 aromatic heterocycles. The quantitative estimate of drug-likeness (QED) is 0.383. The van der Waals surface area contributed by atoms with Gasteiger partial charge in [0.15, 0.2) is 0 Å². The zero-order chi connectivity index (χ0) is 9.00. The Hall–Kier alpha value is 3.70. The monoisotopic (exact) mass is 228 g/mol. The molecule has 0 heterocycles. The molecule has 0 atom stereocenters. The molecule has 0 spiro atoms. The Morgan fingerprint density at radius 3 is 0.500 bits per heavy atom. The fraction of sp³-hybridized carbons (Fsp3) is 0. The Morgan fingerprint density at radius 2 is 0.500 bits per heavy atom. The van der Waals surface area contributed by atoms with Crippen LogP contribution in [0.15, 0.2) is 0 Å². The molecule has 0 fully saturated rings. The van der Waals surface area contributed by atoms with Crippen molar-refractivity contribution >= 4 is 18.1 Å². The van der Waals surface area contributed by atoms with Crippen molar-refractivity contribution in [2.24, 2.45) is 0 Å². The fourth-order valence-electron chi connectivity index (χ4n) is 0. The third-order valence-electron chi connectivity index (χ3n) is 0. The third-order valence-corrected chi connectivity index (χ3v) is 0. The summed E-state index contributed by atoms with van der Waals surface area (Å²) in [6.07, 6.45) is 0. The van der Waals surface area contributed by atoms with Crippen LogP contribution in [-0.2, 0) is 0 Å². The fourth-order valence-corrected chi connectivity index (χ4v) is 0. The first kappa shape index (κ1) is 50.3. The van der Waals surface area contributed by atoms with Crippen molar-refractivity contribution in [1.82, 2.24) is 0 Å². The van der Waals surface area contributed by atoms with Gasteiger partial charge in [-0.05, 0) is 0 Å². The second kappa shape index (κ2) is 23.8. The molecule has 0 unspecified atom stereocenters. The molecule has 0 amide bonds. The summed E-state index contributed by atoms with van der Waals surface area (Å²) in [4.78, 5) is 66.1. The number of hydrogen-bond acceptors (Lipinski definition) is 8. The van der Waals surface area contributed by atoms with Crippen molar-refractivity contribution in [2.45, 2.75) is 0 Å². The summed E-state index contributed by atoms with van der Waals surface area (Å²) in [6, 6.07) is 0. The van der Waals surface area contributed by atoms with Gasteiger partial charge in [-0.1, -0.05) is 0 Å². The van der Waals surface area contributed by atoms with Gasteiger partial charge in [0, 0.05) is 0 Å². The molecule has 0 saturated carbocycles. The Labute approximate surface area is 167 Å². The predicted molar refractivity (Wildman–Crippen MR) is 15.9 cm³/mol. The summed E-state index contributed by atoms with van der Waals surface area (Å²) in [6.45, 7) is 0. The van der Waals surface area contributed by atoms with Gasteiger partial charge < -0.3 is 47.4 Å². The smallest absolute Gasteiger partial charge is 0.894 e. The van der Waals surface area contributed by atoms with Crippen LogP contribution in [0.25, 0.3) is 0 Å². The molecular weight excluding hydrogens is 226 g/mol. The molecule has 0 aromatic rings. The second-order valence-electron chi connectivity index (χ2n) is 1.05. The van der Waals surface area contributed by atoms with Crippen LogP contribution in [0.1, 0.15) is 0 Å². The van der Waals surface area contributed by atoms with Crippen molar-refractivity contribution in [3.8, 4) is 0 Å². The molecule has 2 N–H and O–H groups in total. The van der Waals surface area contributed by atoms with Crippen molar-refractivity contribution in [2.75, 3.05) is 0 Å². The van der Waals surface area contributed by atoms with Crippen molar-refractivity contribution in [1.29, 1.82) is 0 Å². The molecule has 16 heavy (non-hydrogen) atoms. The van der Waals surface area contributed by atoms with E-state index in [1.54, 1.807) is 0 Å². The van der Waals surface area contributed by atoms with E-state index >= 15 is 0 Å². The maximum atomic E-state index is 8.80. The van der Waals surface area contributed by atoms with Crippen LogP contribution in [0.3, 0.4) is 0 Å². The van der Waals surface area contributed by atoms with Gasteiger partial charge in [0.25, 0.3) is 0 Å². The molecule has 0 bridgehead atoms. The summed E-state index contributed by atoms with van der Waals surface area (Å²) in [5, 5.41) is 0. The van der Waals surface area contributed by atoms with E-state index in [0.717, 1.165) is 0 Å². The summed E-state index contributed by atoms with van der Waals surface area (Å²) < 4.78 is 0. The Morgan fingerprint density at radius 1 is 0.500 bits per heavy atom. The number of rotatable bonds is 0. The van der Waals surface area contributed by atoms with Gasteiger partial charge in [0.2, 0.25) is 0 Å². The summed E-state index contributed by atoms with van der Waals surface area (Å²) >= 11 is 0. The van der Waals surface area contributed by atoms with Gasteiger partial charge >= 0.3 is 113 Å². The minimum Gasteiger partial charge on any atom is -0.894 e. The Balaban J connectivity index is -0.00000000970. The summed E-state index contributed by atoms with van der Waals surface area (Å²) in [5.41, 5.74) is 0. The van der Waals surface area contributed by atoms with Gasteiger partial charge in [0.05, 0.1) is 0 Å². The van der Waals surface area contributed by atoms with E-state index < -0.39 is 18.1 Å². The van der Waals surface area contributed by atoms with Crippen molar-refractivity contribution in [3.05, 3.63) is 0 Å². The SMILES string of the molecule is [Li+].[Li+].[Li+].[Li+].[Li+].[Li+].[O-][Si]([O-])(O)O.[O-][Si]([O-])([O-])[O-]. The van der Waals surface area contributed by atoms with E-state index in [1.165, 1.54) is 0 Å². The van der Waals surface area contributed by atoms with Crippen LogP contribution < -0.4 is 142 Å². The summed E-state index contributed by atoms with van der Waals surface area (Å²) in [7, 11) is -10.7. The minimum absolute atomic E-state index is 0. The van der Waals surface area contributed by atoms with E-state index in [2.05, 4.69) is 0 Å². The topological polar surface area (TPSA) is 179 Å². The van der Waals surface area contributed by atoms with Gasteiger partial charge in [0.1, 0.15) is 9.05 Å². The Bertz CT molecular complexity index is 65.5. The molecule has 16 heteroatoms. The first-order chi connectivity index (χ1) is 4.00. The molecule has 0 rings (SSSR count). The predicted octanol–water partition coefficient (Wildman–Crippen LogP) is -27.0. The van der Waals surface area contributed by atoms with Crippen molar-refractivity contribution < 1.29 is 152 Å². The van der Waals surface area contributed by atoms with Gasteiger partial charge in [-0.3, -0.25) is 0 Å². The molecule has 64 valence electrons. The van der Waals surface area contributed by atoms with E-state index in [4.69, 9.17) is 38.4 Å². The van der Waals surface area contributed by atoms with E-state index in [0.29, 0.717) is 0 Å². The third kappa shape index (κ3) is 361. The summed E-state index contributed by atoms with van der Waals surface area (Å²) in [5.74, 6) is 0.